The Morgan fingerprint density at radius 3 is 3.00 bits per heavy atom. The molecular weight excluding hydrogens is 398 g/mol. The van der Waals surface area contributed by atoms with E-state index >= 15 is 0 Å². The van der Waals surface area contributed by atoms with E-state index in [-0.39, 0.29) is 22.8 Å². The van der Waals surface area contributed by atoms with Crippen LogP contribution in [0.1, 0.15) is 12.5 Å². The van der Waals surface area contributed by atoms with Gasteiger partial charge in [-0.05, 0) is 13.0 Å². The number of ether oxygens (including phenoxy) is 1. The number of aromatic nitrogens is 3. The van der Waals surface area contributed by atoms with Gasteiger partial charge in [-0.15, -0.1) is 0 Å². The molecule has 0 radical (unpaired) electrons. The molecule has 0 aliphatic carbocycles. The number of nitrogens with zero attached hydrogens (tertiary/aromatic N) is 2. The number of thioether (sulfide) groups is 1. The fraction of sp³-hybridized carbons (Fsp3) is 0.312. The molecule has 7 nitrogen and oxygen atoms in total. The molecule has 0 aliphatic heterocycles. The minimum atomic E-state index is -0.910. The number of aliphatic hydroxyl groups is 1. The van der Waals surface area contributed by atoms with Crippen molar-refractivity contribution in [3.8, 4) is 0 Å². The molecule has 0 bridgehead atoms. The first-order valence-electron chi connectivity index (χ1n) is 7.94. The van der Waals surface area contributed by atoms with Crippen LogP contribution in [0, 0.1) is 11.6 Å². The second kappa shape index (κ2) is 8.74. The lowest BCUT2D eigenvalue weighted by atomic mass is 10.2. The fourth-order valence-electron chi connectivity index (χ4n) is 2.21. The van der Waals surface area contributed by atoms with Crippen molar-refractivity contribution in [3.63, 3.8) is 0 Å². The van der Waals surface area contributed by atoms with Gasteiger partial charge in [0.15, 0.2) is 34.5 Å². The third kappa shape index (κ3) is 5.01. The predicted octanol–water partition coefficient (Wildman–Crippen LogP) is 2.72. The van der Waals surface area contributed by atoms with Crippen LogP contribution in [0.15, 0.2) is 28.2 Å². The number of nitrogens with one attached hydrogen (secondary N) is 2. The second-order valence-electron chi connectivity index (χ2n) is 5.45. The standard InChI is InChI=1S/C16H16F2N4O3S2/c1-8(23)25-6-5-19-13-12-14(22-16(24)27-12)21-15(20-13)26-7-9-3-2-4-10(17)11(9)18/h2-4,8,23H,5-7H2,1H3,(H2,19,20,21,22,24). The van der Waals surface area contributed by atoms with Gasteiger partial charge >= 0.3 is 4.87 Å². The van der Waals surface area contributed by atoms with Crippen molar-refractivity contribution in [3.05, 3.63) is 45.1 Å². The van der Waals surface area contributed by atoms with Gasteiger partial charge in [0, 0.05) is 17.9 Å². The highest BCUT2D eigenvalue weighted by Crippen LogP contribution is 2.27. The average molecular weight is 414 g/mol. The normalized spacial score (nSPS) is 12.4. The van der Waals surface area contributed by atoms with E-state index in [4.69, 9.17) is 9.84 Å². The summed E-state index contributed by atoms with van der Waals surface area (Å²) in [6, 6.07) is 3.98. The number of benzene rings is 1. The summed E-state index contributed by atoms with van der Waals surface area (Å²) in [7, 11) is 0. The molecule has 3 N–H and O–H groups in total. The molecule has 11 heteroatoms. The lowest BCUT2D eigenvalue weighted by Gasteiger charge is -2.10. The van der Waals surface area contributed by atoms with Gasteiger partial charge in [-0.2, -0.15) is 0 Å². The Morgan fingerprint density at radius 1 is 1.41 bits per heavy atom. The summed E-state index contributed by atoms with van der Waals surface area (Å²) in [5, 5.41) is 12.4. The van der Waals surface area contributed by atoms with Crippen LogP contribution in [0.3, 0.4) is 0 Å². The number of thiazole rings is 1. The van der Waals surface area contributed by atoms with Crippen LogP contribution in [0.2, 0.25) is 0 Å². The van der Waals surface area contributed by atoms with Crippen molar-refractivity contribution in [2.75, 3.05) is 18.5 Å². The highest BCUT2D eigenvalue weighted by atomic mass is 32.2. The summed E-state index contributed by atoms with van der Waals surface area (Å²) in [5.74, 6) is -1.25. The summed E-state index contributed by atoms with van der Waals surface area (Å²) in [5.41, 5.74) is 0.559. The summed E-state index contributed by atoms with van der Waals surface area (Å²) in [4.78, 5) is 22.6. The quantitative estimate of drug-likeness (QED) is 0.226. The molecule has 3 rings (SSSR count). The summed E-state index contributed by atoms with van der Waals surface area (Å²) in [6.45, 7) is 2.09. The largest absolute Gasteiger partial charge is 0.368 e. The molecule has 2 aromatic heterocycles. The smallest absolute Gasteiger partial charge is 0.306 e. The Hall–Kier alpha value is -2.08. The number of hydrogen-bond acceptors (Lipinski definition) is 8. The van der Waals surface area contributed by atoms with Crippen LogP contribution >= 0.6 is 23.1 Å². The minimum absolute atomic E-state index is 0.133. The minimum Gasteiger partial charge on any atom is -0.368 e. The average Bonchev–Trinajstić information content (AvgIpc) is 3.00. The molecule has 0 spiro atoms. The number of rotatable bonds is 8. The molecule has 3 aromatic rings. The molecule has 1 atom stereocenters. The number of aromatic amines is 1. The molecule has 0 aliphatic rings. The number of hydrogen-bond donors (Lipinski definition) is 3. The van der Waals surface area contributed by atoms with Crippen LogP contribution in [0.25, 0.3) is 10.3 Å². The predicted molar refractivity (Wildman–Crippen MR) is 100 cm³/mol. The summed E-state index contributed by atoms with van der Waals surface area (Å²) >= 11 is 2.08. The Balaban J connectivity index is 1.78. The van der Waals surface area contributed by atoms with E-state index in [9.17, 15) is 13.6 Å². The molecule has 0 fully saturated rings. The van der Waals surface area contributed by atoms with Crippen LogP contribution in [-0.2, 0) is 10.5 Å². The van der Waals surface area contributed by atoms with Gasteiger partial charge in [0.2, 0.25) is 0 Å². The van der Waals surface area contributed by atoms with Crippen molar-refractivity contribution in [2.45, 2.75) is 24.1 Å². The van der Waals surface area contributed by atoms with E-state index in [0.29, 0.717) is 27.9 Å². The zero-order valence-electron chi connectivity index (χ0n) is 14.2. The van der Waals surface area contributed by atoms with Gasteiger partial charge in [0.1, 0.15) is 4.70 Å². The highest BCUT2D eigenvalue weighted by molar-refractivity contribution is 7.98. The Labute approximate surface area is 160 Å². The highest BCUT2D eigenvalue weighted by Gasteiger charge is 2.14. The second-order valence-corrected chi connectivity index (χ2v) is 7.37. The fourth-order valence-corrected chi connectivity index (χ4v) is 3.77. The van der Waals surface area contributed by atoms with Crippen LogP contribution < -0.4 is 10.2 Å². The molecular formula is C16H16F2N4O3S2. The van der Waals surface area contributed by atoms with E-state index in [2.05, 4.69) is 20.3 Å². The summed E-state index contributed by atoms with van der Waals surface area (Å²) < 4.78 is 32.7. The number of fused-ring (bicyclic) bond motifs is 1. The Kier molecular flexibility index (Phi) is 6.37. The maximum absolute atomic E-state index is 13.8. The maximum Gasteiger partial charge on any atom is 0.306 e. The molecule has 27 heavy (non-hydrogen) atoms. The third-order valence-electron chi connectivity index (χ3n) is 3.40. The van der Waals surface area contributed by atoms with Gasteiger partial charge in [0.25, 0.3) is 0 Å². The summed E-state index contributed by atoms with van der Waals surface area (Å²) in [6.07, 6.45) is -0.882. The Bertz CT molecular complexity index is 993. The number of H-pyrrole nitrogens is 1. The maximum atomic E-state index is 13.8. The molecule has 1 aromatic carbocycles. The zero-order valence-corrected chi connectivity index (χ0v) is 15.8. The van der Waals surface area contributed by atoms with Crippen LogP contribution in [-0.4, -0.2) is 39.5 Å². The van der Waals surface area contributed by atoms with E-state index in [1.807, 2.05) is 0 Å². The first kappa shape index (κ1) is 19.7. The molecule has 0 saturated carbocycles. The Morgan fingerprint density at radius 2 is 2.22 bits per heavy atom. The van der Waals surface area contributed by atoms with Gasteiger partial charge in [-0.3, -0.25) is 9.78 Å². The topological polar surface area (TPSA) is 100 Å². The van der Waals surface area contributed by atoms with Crippen molar-refractivity contribution < 1.29 is 18.6 Å². The van der Waals surface area contributed by atoms with Gasteiger partial charge < -0.3 is 15.2 Å². The van der Waals surface area contributed by atoms with E-state index in [0.717, 1.165) is 29.2 Å². The van der Waals surface area contributed by atoms with Crippen LogP contribution in [0.5, 0.6) is 0 Å². The first-order chi connectivity index (χ1) is 12.9. The van der Waals surface area contributed by atoms with Crippen molar-refractivity contribution in [1.29, 1.82) is 0 Å². The molecule has 0 amide bonds. The molecule has 2 heterocycles. The number of halogens is 2. The van der Waals surface area contributed by atoms with E-state index in [1.54, 1.807) is 0 Å². The third-order valence-corrected chi connectivity index (χ3v) is 5.18. The molecule has 144 valence electrons. The van der Waals surface area contributed by atoms with Crippen molar-refractivity contribution >= 4 is 39.3 Å². The lowest BCUT2D eigenvalue weighted by Crippen LogP contribution is -2.15. The van der Waals surface area contributed by atoms with Crippen molar-refractivity contribution in [2.24, 2.45) is 0 Å². The van der Waals surface area contributed by atoms with E-state index < -0.39 is 17.9 Å². The SMILES string of the molecule is CC(O)OCCNc1nc(SCc2cccc(F)c2F)nc2[nH]c(=O)sc12. The monoisotopic (exact) mass is 414 g/mol. The number of aliphatic hydroxyl groups excluding tert-OH is 1. The van der Waals surface area contributed by atoms with E-state index in [1.165, 1.54) is 19.1 Å². The van der Waals surface area contributed by atoms with Crippen LogP contribution in [0.4, 0.5) is 14.6 Å². The molecule has 0 saturated heterocycles. The van der Waals surface area contributed by atoms with Gasteiger partial charge in [-0.25, -0.2) is 18.7 Å². The zero-order chi connectivity index (χ0) is 19.4. The van der Waals surface area contributed by atoms with Crippen molar-refractivity contribution in [1.82, 2.24) is 15.0 Å². The number of anilines is 1. The lowest BCUT2D eigenvalue weighted by molar-refractivity contribution is -0.0811. The molecule has 1 unspecified atom stereocenters. The van der Waals surface area contributed by atoms with Gasteiger partial charge in [-0.1, -0.05) is 35.2 Å². The van der Waals surface area contributed by atoms with Gasteiger partial charge in [0.05, 0.1) is 6.61 Å². The first-order valence-corrected chi connectivity index (χ1v) is 9.74.